The monoisotopic (exact) mass is 1000 g/mol. The van der Waals surface area contributed by atoms with Gasteiger partial charge in [0.25, 0.3) is 5.91 Å². The number of hydrogen-bond donors (Lipinski definition) is 4. The molecule has 0 atom stereocenters. The highest BCUT2D eigenvalue weighted by Gasteiger charge is 2.26. The fourth-order valence-electron chi connectivity index (χ4n) is 5.03. The van der Waals surface area contributed by atoms with Gasteiger partial charge in [-0.25, -0.2) is 39.2 Å². The highest BCUT2D eigenvalue weighted by atomic mass is 35.7. The molecule has 1 amide bonds. The maximum atomic E-state index is 12.5. The third-order valence-corrected chi connectivity index (χ3v) is 14.5. The third-order valence-electron chi connectivity index (χ3n) is 8.47. The number of nitrogens with two attached hydrogens (primary N) is 1. The molecule has 0 saturated carbocycles. The van der Waals surface area contributed by atoms with Gasteiger partial charge in [-0.15, -0.1) is 0 Å². The summed E-state index contributed by atoms with van der Waals surface area (Å²) in [5.74, 6) is -1.61. The van der Waals surface area contributed by atoms with Gasteiger partial charge in [0.1, 0.15) is 0 Å². The minimum Gasteiger partial charge on any atom is -0.399 e. The molecule has 0 bridgehead atoms. The van der Waals surface area contributed by atoms with E-state index < -0.39 is 50.8 Å². The van der Waals surface area contributed by atoms with E-state index in [0.717, 1.165) is 21.1 Å². The summed E-state index contributed by atoms with van der Waals surface area (Å²) in [4.78, 5) is 11.2. The fraction of sp³-hybridized carbons (Fsp3) is 0.196. The first kappa shape index (κ1) is 56.2. The largest absolute Gasteiger partial charge is 0.399 e. The van der Waals surface area contributed by atoms with Gasteiger partial charge in [0.2, 0.25) is 39.1 Å². The molecule has 0 saturated heterocycles. The van der Waals surface area contributed by atoms with Crippen molar-refractivity contribution in [2.45, 2.75) is 33.9 Å². The van der Waals surface area contributed by atoms with Gasteiger partial charge >= 0.3 is 0 Å². The van der Waals surface area contributed by atoms with Crippen LogP contribution in [-0.4, -0.2) is 67.8 Å². The van der Waals surface area contributed by atoms with Crippen LogP contribution in [0, 0.1) is 0 Å². The minimum absolute atomic E-state index is 0.00849. The first-order valence-electron chi connectivity index (χ1n) is 20.2. The Bertz CT molecular complexity index is 2730. The van der Waals surface area contributed by atoms with Gasteiger partial charge in [0, 0.05) is 22.1 Å². The average Bonchev–Trinajstić information content (AvgIpc) is 3.32. The predicted octanol–water partition coefficient (Wildman–Crippen LogP) is 7.86. The molecule has 356 valence electrons. The molecule has 6 aromatic carbocycles. The van der Waals surface area contributed by atoms with E-state index in [1.54, 1.807) is 80.6 Å². The molecule has 20 heteroatoms. The van der Waals surface area contributed by atoms with Crippen LogP contribution in [0.25, 0.3) is 0 Å². The predicted molar refractivity (Wildman–Crippen MR) is 267 cm³/mol. The summed E-state index contributed by atoms with van der Waals surface area (Å²) in [6, 6.07) is 54.7. The molecule has 0 fully saturated rings. The molecule has 5 N–H and O–H groups in total. The summed E-state index contributed by atoms with van der Waals surface area (Å²) >= 11 is 0. The SMILES string of the molecule is CCS(=O)(=O)Cl.CCS(=O)(=O)N(Cc1ccccc1)c1ccccc1.CCS(=O)(=O)Nc1ccccc1.Nc1ccccc1.O=C(CS(=O)(=O)N(Cc1ccccc1)c1ccccc1)NO. The second kappa shape index (κ2) is 28.8. The van der Waals surface area contributed by atoms with E-state index >= 15 is 0 Å². The van der Waals surface area contributed by atoms with E-state index in [1.807, 2.05) is 115 Å². The molecule has 0 unspecified atom stereocenters. The van der Waals surface area contributed by atoms with Crippen LogP contribution in [0.2, 0.25) is 0 Å². The first-order chi connectivity index (χ1) is 31.3. The molecular weight excluding hydrogens is 946 g/mol. The lowest BCUT2D eigenvalue weighted by molar-refractivity contribution is -0.126. The number of halogens is 1. The van der Waals surface area contributed by atoms with Crippen molar-refractivity contribution >= 4 is 78.5 Å². The van der Waals surface area contributed by atoms with Gasteiger partial charge in [0.05, 0.1) is 41.7 Å². The zero-order chi connectivity index (χ0) is 49.1. The molecule has 6 aromatic rings. The molecule has 0 aromatic heterocycles. The average molecular weight is 1000 g/mol. The van der Waals surface area contributed by atoms with Gasteiger partial charge in [0.15, 0.2) is 5.75 Å². The van der Waals surface area contributed by atoms with Crippen molar-refractivity contribution in [2.75, 3.05) is 42.1 Å². The summed E-state index contributed by atoms with van der Waals surface area (Å²) < 4.78 is 96.1. The zero-order valence-corrected chi connectivity index (χ0v) is 40.7. The molecule has 0 aliphatic heterocycles. The zero-order valence-electron chi connectivity index (χ0n) is 36.7. The van der Waals surface area contributed by atoms with Crippen LogP contribution in [0.4, 0.5) is 22.7 Å². The Morgan fingerprint density at radius 1 is 0.515 bits per heavy atom. The number of nitrogens with one attached hydrogen (secondary N) is 2. The Kier molecular flexibility index (Phi) is 24.5. The molecular formula is C46H56ClN5O10S4. The van der Waals surface area contributed by atoms with E-state index in [9.17, 15) is 38.5 Å². The first-order valence-corrected chi connectivity index (χ1v) is 27.5. The van der Waals surface area contributed by atoms with E-state index in [1.165, 1.54) is 16.7 Å². The van der Waals surface area contributed by atoms with Gasteiger partial charge in [-0.2, -0.15) is 0 Å². The lowest BCUT2D eigenvalue weighted by atomic mass is 10.2. The molecule has 6 rings (SSSR count). The van der Waals surface area contributed by atoms with Crippen LogP contribution in [0.15, 0.2) is 182 Å². The maximum absolute atomic E-state index is 12.5. The highest BCUT2D eigenvalue weighted by Crippen LogP contribution is 2.22. The van der Waals surface area contributed by atoms with Crippen LogP contribution in [0.3, 0.4) is 0 Å². The molecule has 0 spiro atoms. The second-order valence-corrected chi connectivity index (χ2v) is 22.6. The summed E-state index contributed by atoms with van der Waals surface area (Å²) in [6.45, 7) is 5.22. The minimum atomic E-state index is -3.92. The fourth-order valence-corrected chi connectivity index (χ4v) is 8.11. The number of sulfonamides is 3. The van der Waals surface area contributed by atoms with E-state index in [-0.39, 0.29) is 23.8 Å². The maximum Gasteiger partial charge on any atom is 0.260 e. The number of hydrogen-bond acceptors (Lipinski definition) is 11. The standard InChI is InChI=1S/C15H16N2O4S.C15H17NO2S.C8H11NO2S.C6H7N.C2H5ClO2S/c18-15(16-19)12-22(20,21)17(14-9-5-2-6-10-14)11-13-7-3-1-4-8-13;1-2-19(17,18)16(15-11-7-4-8-12-15)13-14-9-5-3-6-10-14;1-2-12(10,11)9-8-6-4-3-5-7-8;7-6-4-2-1-3-5-6;1-2-6(3,4)5/h1-10,19H,11-12H2,(H,16,18);3-12H,2,13H2,1H3;3-7,9H,2H2,1H3;1-5H,7H2;2H2,1H3. The number of para-hydroxylation sites is 4. The van der Waals surface area contributed by atoms with Crippen molar-refractivity contribution in [3.05, 3.63) is 193 Å². The van der Waals surface area contributed by atoms with Crippen molar-refractivity contribution in [2.24, 2.45) is 0 Å². The van der Waals surface area contributed by atoms with E-state index in [2.05, 4.69) is 15.4 Å². The topological polar surface area (TPSA) is 230 Å². The van der Waals surface area contributed by atoms with Crippen molar-refractivity contribution in [1.29, 1.82) is 0 Å². The summed E-state index contributed by atoms with van der Waals surface area (Å²) in [5.41, 5.74) is 11.1. The number of carbonyl (C=O) groups excluding carboxylic acids is 1. The van der Waals surface area contributed by atoms with Crippen LogP contribution >= 0.6 is 10.7 Å². The Hall–Kier alpha value is -5.96. The van der Waals surface area contributed by atoms with Crippen LogP contribution in [0.5, 0.6) is 0 Å². The van der Waals surface area contributed by atoms with Crippen molar-refractivity contribution in [3.8, 4) is 0 Å². The number of rotatable bonds is 15. The number of benzene rings is 6. The molecule has 0 aliphatic carbocycles. The second-order valence-electron chi connectivity index (χ2n) is 13.5. The van der Waals surface area contributed by atoms with Gasteiger partial charge in [-0.05, 0) is 73.5 Å². The Balaban J connectivity index is 0.000000307. The Morgan fingerprint density at radius 2 is 0.848 bits per heavy atom. The smallest absolute Gasteiger partial charge is 0.260 e. The number of anilines is 4. The lowest BCUT2D eigenvalue weighted by Crippen LogP contribution is -2.38. The molecule has 0 aliphatic rings. The van der Waals surface area contributed by atoms with E-state index in [0.29, 0.717) is 23.6 Å². The number of hydroxylamine groups is 1. The highest BCUT2D eigenvalue weighted by molar-refractivity contribution is 8.13. The normalized spacial score (nSPS) is 10.9. The molecule has 66 heavy (non-hydrogen) atoms. The van der Waals surface area contributed by atoms with Crippen LogP contribution < -0.4 is 24.5 Å². The number of nitrogens with zero attached hydrogens (tertiary/aromatic N) is 2. The molecule has 0 heterocycles. The number of nitrogen functional groups attached to an aromatic ring is 1. The van der Waals surface area contributed by atoms with Crippen LogP contribution in [0.1, 0.15) is 31.9 Å². The third kappa shape index (κ3) is 22.8. The van der Waals surface area contributed by atoms with Crippen LogP contribution in [-0.2, 0) is 57.0 Å². The molecule has 0 radical (unpaired) electrons. The van der Waals surface area contributed by atoms with Gasteiger partial charge in [-0.3, -0.25) is 23.3 Å². The Morgan fingerprint density at radius 3 is 1.15 bits per heavy atom. The number of amides is 1. The molecule has 15 nitrogen and oxygen atoms in total. The Labute approximate surface area is 394 Å². The summed E-state index contributed by atoms with van der Waals surface area (Å²) in [5, 5.41) is 8.56. The van der Waals surface area contributed by atoms with Crippen molar-refractivity contribution < 1.29 is 43.7 Å². The quantitative estimate of drug-likeness (QED) is 0.0335. The van der Waals surface area contributed by atoms with Crippen molar-refractivity contribution in [3.63, 3.8) is 0 Å². The number of carbonyl (C=O) groups is 1. The lowest BCUT2D eigenvalue weighted by Gasteiger charge is -2.24. The van der Waals surface area contributed by atoms with Gasteiger partial charge in [-0.1, -0.05) is 140 Å². The van der Waals surface area contributed by atoms with Crippen molar-refractivity contribution in [1.82, 2.24) is 5.48 Å². The summed E-state index contributed by atoms with van der Waals surface area (Å²) in [6.07, 6.45) is 0. The van der Waals surface area contributed by atoms with E-state index in [4.69, 9.17) is 10.9 Å². The summed E-state index contributed by atoms with van der Waals surface area (Å²) in [7, 11) is -8.82. The van der Waals surface area contributed by atoms with Gasteiger partial charge < -0.3 is 5.73 Å².